The zero-order valence-electron chi connectivity index (χ0n) is 21.0. The van der Waals surface area contributed by atoms with Crippen LogP contribution in [0, 0.1) is 0 Å². The van der Waals surface area contributed by atoms with Gasteiger partial charge in [0.25, 0.3) is 0 Å². The molecule has 5 aromatic rings. The standard InChI is InChI=1S/C30H30N2O2S/c1-29(2,3)25-23(31-27(33-25)19-13-9-7-10-14-19)21-17-18-22(35-21)24-26(30(4,5)6)34-28(32-24)20-15-11-8-12-16-20/h7-18H,1-6H3. The molecule has 0 amide bonds. The van der Waals surface area contributed by atoms with Crippen LogP contribution in [0.4, 0.5) is 0 Å². The molecule has 4 nitrogen and oxygen atoms in total. The molecule has 0 bridgehead atoms. The van der Waals surface area contributed by atoms with Crippen molar-refractivity contribution in [3.05, 3.63) is 84.3 Å². The molecule has 0 saturated carbocycles. The van der Waals surface area contributed by atoms with Gasteiger partial charge in [0.05, 0.1) is 9.75 Å². The summed E-state index contributed by atoms with van der Waals surface area (Å²) in [5.74, 6) is 3.05. The zero-order valence-corrected chi connectivity index (χ0v) is 21.9. The molecule has 5 rings (SSSR count). The predicted octanol–water partition coefficient (Wildman–Crippen LogP) is 8.99. The van der Waals surface area contributed by atoms with E-state index in [-0.39, 0.29) is 10.8 Å². The summed E-state index contributed by atoms with van der Waals surface area (Å²) in [6.07, 6.45) is 0. The van der Waals surface area contributed by atoms with E-state index in [4.69, 9.17) is 18.8 Å². The summed E-state index contributed by atoms with van der Waals surface area (Å²) in [4.78, 5) is 12.0. The first kappa shape index (κ1) is 23.3. The highest BCUT2D eigenvalue weighted by atomic mass is 32.1. The number of hydrogen-bond donors (Lipinski definition) is 0. The van der Waals surface area contributed by atoms with E-state index in [0.29, 0.717) is 11.8 Å². The van der Waals surface area contributed by atoms with Gasteiger partial charge < -0.3 is 8.83 Å². The molecular weight excluding hydrogens is 452 g/mol. The van der Waals surface area contributed by atoms with Gasteiger partial charge in [-0.1, -0.05) is 77.9 Å². The summed E-state index contributed by atoms with van der Waals surface area (Å²) in [6, 6.07) is 24.3. The van der Waals surface area contributed by atoms with Crippen molar-refractivity contribution in [2.45, 2.75) is 52.4 Å². The molecule has 0 atom stereocenters. The van der Waals surface area contributed by atoms with Crippen molar-refractivity contribution in [2.75, 3.05) is 0 Å². The van der Waals surface area contributed by atoms with E-state index in [0.717, 1.165) is 43.8 Å². The second-order valence-electron chi connectivity index (χ2n) is 10.8. The Hall–Kier alpha value is -3.44. The molecule has 0 N–H and O–H groups in total. The van der Waals surface area contributed by atoms with Gasteiger partial charge in [-0.3, -0.25) is 0 Å². The van der Waals surface area contributed by atoms with Gasteiger partial charge >= 0.3 is 0 Å². The zero-order chi connectivity index (χ0) is 24.8. The van der Waals surface area contributed by atoms with Gasteiger partial charge in [-0.2, -0.15) is 0 Å². The average Bonchev–Trinajstić information content (AvgIpc) is 3.57. The number of oxazole rings is 2. The summed E-state index contributed by atoms with van der Waals surface area (Å²) in [6.45, 7) is 12.9. The van der Waals surface area contributed by atoms with E-state index in [1.165, 1.54) is 0 Å². The smallest absolute Gasteiger partial charge is 0.226 e. The Labute approximate surface area is 210 Å². The quantitative estimate of drug-likeness (QED) is 0.256. The van der Waals surface area contributed by atoms with Crippen molar-refractivity contribution in [1.82, 2.24) is 9.97 Å². The molecule has 0 spiro atoms. The van der Waals surface area contributed by atoms with Crippen LogP contribution in [-0.4, -0.2) is 9.97 Å². The largest absolute Gasteiger partial charge is 0.440 e. The third kappa shape index (κ3) is 4.61. The number of thiophene rings is 1. The van der Waals surface area contributed by atoms with E-state index in [1.54, 1.807) is 11.3 Å². The molecule has 2 aromatic carbocycles. The van der Waals surface area contributed by atoms with Crippen LogP contribution in [0.15, 0.2) is 81.6 Å². The van der Waals surface area contributed by atoms with Crippen molar-refractivity contribution in [3.63, 3.8) is 0 Å². The van der Waals surface area contributed by atoms with Gasteiger partial charge in [-0.15, -0.1) is 11.3 Å². The topological polar surface area (TPSA) is 52.1 Å². The molecule has 0 fully saturated rings. The van der Waals surface area contributed by atoms with Crippen LogP contribution in [0.2, 0.25) is 0 Å². The Kier molecular flexibility index (Phi) is 5.76. The maximum Gasteiger partial charge on any atom is 0.226 e. The van der Waals surface area contributed by atoms with Crippen LogP contribution in [0.5, 0.6) is 0 Å². The van der Waals surface area contributed by atoms with Crippen LogP contribution >= 0.6 is 11.3 Å². The average molecular weight is 483 g/mol. The van der Waals surface area contributed by atoms with E-state index in [9.17, 15) is 0 Å². The summed E-state index contributed by atoms with van der Waals surface area (Å²) >= 11 is 1.67. The molecule has 178 valence electrons. The summed E-state index contributed by atoms with van der Waals surface area (Å²) in [5.41, 5.74) is 3.34. The van der Waals surface area contributed by atoms with Crippen LogP contribution in [0.1, 0.15) is 53.1 Å². The molecule has 0 unspecified atom stereocenters. The number of benzene rings is 2. The lowest BCUT2D eigenvalue weighted by Gasteiger charge is -2.16. The van der Waals surface area contributed by atoms with Gasteiger partial charge in [0.1, 0.15) is 22.9 Å². The molecule has 0 aliphatic carbocycles. The third-order valence-electron chi connectivity index (χ3n) is 5.73. The minimum atomic E-state index is -0.190. The van der Waals surface area contributed by atoms with Crippen molar-refractivity contribution in [1.29, 1.82) is 0 Å². The van der Waals surface area contributed by atoms with Crippen molar-refractivity contribution in [2.24, 2.45) is 0 Å². The second-order valence-corrected chi connectivity index (χ2v) is 11.9. The monoisotopic (exact) mass is 482 g/mol. The van der Waals surface area contributed by atoms with Gasteiger partial charge in [-0.25, -0.2) is 9.97 Å². The van der Waals surface area contributed by atoms with Gasteiger partial charge in [0.2, 0.25) is 11.8 Å². The fourth-order valence-corrected chi connectivity index (χ4v) is 4.97. The minimum absolute atomic E-state index is 0.190. The molecule has 3 heterocycles. The predicted molar refractivity (Wildman–Crippen MR) is 144 cm³/mol. The highest BCUT2D eigenvalue weighted by molar-refractivity contribution is 7.18. The van der Waals surface area contributed by atoms with Crippen LogP contribution in [0.25, 0.3) is 44.1 Å². The lowest BCUT2D eigenvalue weighted by molar-refractivity contribution is 0.417. The fraction of sp³-hybridized carbons (Fsp3) is 0.267. The Morgan fingerprint density at radius 2 is 0.914 bits per heavy atom. The minimum Gasteiger partial charge on any atom is -0.440 e. The maximum absolute atomic E-state index is 6.34. The molecule has 0 radical (unpaired) electrons. The number of nitrogens with zero attached hydrogens (tertiary/aromatic N) is 2. The van der Waals surface area contributed by atoms with E-state index in [1.807, 2.05) is 60.7 Å². The first-order valence-electron chi connectivity index (χ1n) is 11.9. The summed E-state index contributed by atoms with van der Waals surface area (Å²) in [5, 5.41) is 0. The van der Waals surface area contributed by atoms with Gasteiger partial charge in [-0.05, 0) is 36.4 Å². The molecule has 5 heteroatoms. The summed E-state index contributed by atoms with van der Waals surface area (Å²) in [7, 11) is 0. The van der Waals surface area contributed by atoms with Crippen molar-refractivity contribution in [3.8, 4) is 44.1 Å². The number of hydrogen-bond acceptors (Lipinski definition) is 5. The Balaban J connectivity index is 1.61. The Morgan fingerprint density at radius 3 is 1.26 bits per heavy atom. The fourth-order valence-electron chi connectivity index (χ4n) is 3.99. The van der Waals surface area contributed by atoms with E-state index in [2.05, 4.69) is 53.7 Å². The van der Waals surface area contributed by atoms with Gasteiger partial charge in [0, 0.05) is 22.0 Å². The molecule has 0 saturated heterocycles. The van der Waals surface area contributed by atoms with Gasteiger partial charge in [0.15, 0.2) is 0 Å². The number of aromatic nitrogens is 2. The molecule has 35 heavy (non-hydrogen) atoms. The molecule has 0 aliphatic heterocycles. The Morgan fingerprint density at radius 1 is 0.543 bits per heavy atom. The highest BCUT2D eigenvalue weighted by Gasteiger charge is 2.30. The van der Waals surface area contributed by atoms with Crippen LogP contribution in [0.3, 0.4) is 0 Å². The SMILES string of the molecule is CC(C)(C)c1oc(-c2ccccc2)nc1-c1ccc(-c2nc(-c3ccccc3)oc2C(C)(C)C)s1. The number of rotatable bonds is 4. The molecule has 0 aliphatic rings. The lowest BCUT2D eigenvalue weighted by atomic mass is 9.91. The lowest BCUT2D eigenvalue weighted by Crippen LogP contribution is -2.11. The Bertz CT molecular complexity index is 1340. The van der Waals surface area contributed by atoms with Crippen LogP contribution in [-0.2, 0) is 10.8 Å². The van der Waals surface area contributed by atoms with E-state index >= 15 is 0 Å². The first-order valence-corrected chi connectivity index (χ1v) is 12.7. The summed E-state index contributed by atoms with van der Waals surface area (Å²) < 4.78 is 12.7. The molecular formula is C30H30N2O2S. The normalized spacial score (nSPS) is 12.3. The van der Waals surface area contributed by atoms with E-state index < -0.39 is 0 Å². The highest BCUT2D eigenvalue weighted by Crippen LogP contribution is 2.44. The van der Waals surface area contributed by atoms with Crippen molar-refractivity contribution < 1.29 is 8.83 Å². The first-order chi connectivity index (χ1) is 16.6. The third-order valence-corrected chi connectivity index (χ3v) is 6.83. The van der Waals surface area contributed by atoms with Crippen LogP contribution < -0.4 is 0 Å². The molecule has 3 aromatic heterocycles. The van der Waals surface area contributed by atoms with Crippen molar-refractivity contribution >= 4 is 11.3 Å². The second kappa shape index (κ2) is 8.65. The maximum atomic E-state index is 6.34.